The van der Waals surface area contributed by atoms with Gasteiger partial charge in [-0.05, 0) is 18.6 Å². The van der Waals surface area contributed by atoms with E-state index >= 15 is 0 Å². The molecule has 0 radical (unpaired) electrons. The molecule has 1 amide bonds. The molecular weight excluding hydrogens is 234 g/mol. The van der Waals surface area contributed by atoms with Crippen molar-refractivity contribution in [3.8, 4) is 11.5 Å². The summed E-state index contributed by atoms with van der Waals surface area (Å²) in [6.45, 7) is 1.12. The topological polar surface area (TPSA) is 56.8 Å². The highest BCUT2D eigenvalue weighted by atomic mass is 16.5. The van der Waals surface area contributed by atoms with Crippen molar-refractivity contribution in [3.63, 3.8) is 0 Å². The van der Waals surface area contributed by atoms with Gasteiger partial charge in [0.2, 0.25) is 5.91 Å². The maximum atomic E-state index is 12.0. The minimum atomic E-state index is -0.0976. The summed E-state index contributed by atoms with van der Waals surface area (Å²) in [5, 5.41) is 2.85. The van der Waals surface area contributed by atoms with Gasteiger partial charge in [0.15, 0.2) is 0 Å². The Labute approximate surface area is 106 Å². The van der Waals surface area contributed by atoms with Gasteiger partial charge in [-0.1, -0.05) is 6.07 Å². The molecule has 1 aliphatic rings. The SMILES string of the molecule is COc1cccc(OC)c1NC(=O)[C@@H]1CCOC1. The van der Waals surface area contributed by atoms with Crippen molar-refractivity contribution >= 4 is 11.6 Å². The molecule has 1 fully saturated rings. The first-order chi connectivity index (χ1) is 8.76. The predicted octanol–water partition coefficient (Wildman–Crippen LogP) is 1.68. The van der Waals surface area contributed by atoms with E-state index in [1.807, 2.05) is 6.07 Å². The van der Waals surface area contributed by atoms with Crippen molar-refractivity contribution in [1.82, 2.24) is 0 Å². The van der Waals surface area contributed by atoms with Crippen LogP contribution in [0.1, 0.15) is 6.42 Å². The van der Waals surface area contributed by atoms with E-state index in [-0.39, 0.29) is 11.8 Å². The highest BCUT2D eigenvalue weighted by Gasteiger charge is 2.25. The molecule has 0 bridgehead atoms. The van der Waals surface area contributed by atoms with Crippen molar-refractivity contribution in [2.45, 2.75) is 6.42 Å². The molecule has 5 nitrogen and oxygen atoms in total. The van der Waals surface area contributed by atoms with Crippen LogP contribution < -0.4 is 14.8 Å². The zero-order valence-corrected chi connectivity index (χ0v) is 10.6. The van der Waals surface area contributed by atoms with E-state index in [1.165, 1.54) is 0 Å². The van der Waals surface area contributed by atoms with Gasteiger partial charge in [-0.3, -0.25) is 4.79 Å². The third-order valence-corrected chi connectivity index (χ3v) is 2.98. The summed E-state index contributed by atoms with van der Waals surface area (Å²) >= 11 is 0. The van der Waals surface area contributed by atoms with Gasteiger partial charge < -0.3 is 19.5 Å². The summed E-state index contributed by atoms with van der Waals surface area (Å²) in [5.74, 6) is 1.01. The molecule has 1 aromatic rings. The fraction of sp³-hybridized carbons (Fsp3) is 0.462. The molecule has 5 heteroatoms. The molecule has 1 aliphatic heterocycles. The van der Waals surface area contributed by atoms with Gasteiger partial charge in [0.05, 0.1) is 26.7 Å². The number of para-hydroxylation sites is 1. The molecule has 1 saturated heterocycles. The number of ether oxygens (including phenoxy) is 3. The zero-order chi connectivity index (χ0) is 13.0. The monoisotopic (exact) mass is 251 g/mol. The molecule has 1 aromatic carbocycles. The third kappa shape index (κ3) is 2.56. The average Bonchev–Trinajstić information content (AvgIpc) is 2.93. The van der Waals surface area contributed by atoms with E-state index < -0.39 is 0 Å². The summed E-state index contributed by atoms with van der Waals surface area (Å²) in [6.07, 6.45) is 0.753. The van der Waals surface area contributed by atoms with Gasteiger partial charge in [0.25, 0.3) is 0 Å². The molecule has 1 atom stereocenters. The second-order valence-corrected chi connectivity index (χ2v) is 4.09. The summed E-state index contributed by atoms with van der Waals surface area (Å²) in [7, 11) is 3.12. The molecule has 0 unspecified atom stereocenters. The van der Waals surface area contributed by atoms with Crippen molar-refractivity contribution in [1.29, 1.82) is 0 Å². The summed E-state index contributed by atoms with van der Waals surface area (Å²) < 4.78 is 15.7. The summed E-state index contributed by atoms with van der Waals surface area (Å²) in [6, 6.07) is 5.37. The Hall–Kier alpha value is -1.75. The van der Waals surface area contributed by atoms with Crippen LogP contribution in [0.2, 0.25) is 0 Å². The van der Waals surface area contributed by atoms with Crippen LogP contribution in [-0.4, -0.2) is 33.3 Å². The smallest absolute Gasteiger partial charge is 0.230 e. The molecule has 0 aliphatic carbocycles. The Kier molecular flexibility index (Phi) is 4.04. The Balaban J connectivity index is 2.18. The van der Waals surface area contributed by atoms with Gasteiger partial charge in [-0.25, -0.2) is 0 Å². The second-order valence-electron chi connectivity index (χ2n) is 4.09. The highest BCUT2D eigenvalue weighted by molar-refractivity contribution is 5.95. The number of amides is 1. The number of benzene rings is 1. The van der Waals surface area contributed by atoms with Crippen molar-refractivity contribution in [3.05, 3.63) is 18.2 Å². The lowest BCUT2D eigenvalue weighted by atomic mass is 10.1. The van der Waals surface area contributed by atoms with Crippen LogP contribution in [0.25, 0.3) is 0 Å². The number of methoxy groups -OCH3 is 2. The maximum Gasteiger partial charge on any atom is 0.230 e. The third-order valence-electron chi connectivity index (χ3n) is 2.98. The molecule has 0 spiro atoms. The lowest BCUT2D eigenvalue weighted by Crippen LogP contribution is -2.23. The maximum absolute atomic E-state index is 12.0. The Morgan fingerprint density at radius 2 is 2.00 bits per heavy atom. The van der Waals surface area contributed by atoms with E-state index in [0.29, 0.717) is 30.4 Å². The van der Waals surface area contributed by atoms with E-state index in [2.05, 4.69) is 5.32 Å². The zero-order valence-electron chi connectivity index (χ0n) is 10.6. The van der Waals surface area contributed by atoms with Crippen molar-refractivity contribution in [2.75, 3.05) is 32.8 Å². The lowest BCUT2D eigenvalue weighted by Gasteiger charge is -2.15. The first-order valence-corrected chi connectivity index (χ1v) is 5.86. The van der Waals surface area contributed by atoms with Crippen LogP contribution in [0.15, 0.2) is 18.2 Å². The van der Waals surface area contributed by atoms with E-state index in [9.17, 15) is 4.79 Å². The van der Waals surface area contributed by atoms with E-state index in [1.54, 1.807) is 26.4 Å². The first-order valence-electron chi connectivity index (χ1n) is 5.86. The second kappa shape index (κ2) is 5.73. The van der Waals surface area contributed by atoms with Crippen molar-refractivity contribution in [2.24, 2.45) is 5.92 Å². The summed E-state index contributed by atoms with van der Waals surface area (Å²) in [4.78, 5) is 12.0. The van der Waals surface area contributed by atoms with Gasteiger partial charge in [0.1, 0.15) is 17.2 Å². The van der Waals surface area contributed by atoms with Crippen LogP contribution >= 0.6 is 0 Å². The molecule has 0 saturated carbocycles. The van der Waals surface area contributed by atoms with E-state index in [4.69, 9.17) is 14.2 Å². The van der Waals surface area contributed by atoms with Gasteiger partial charge in [-0.2, -0.15) is 0 Å². The lowest BCUT2D eigenvalue weighted by molar-refractivity contribution is -0.119. The Bertz CT molecular complexity index is 405. The number of carbonyl (C=O) groups excluding carboxylic acids is 1. The fourth-order valence-electron chi connectivity index (χ4n) is 1.94. The van der Waals surface area contributed by atoms with Crippen LogP contribution in [0, 0.1) is 5.92 Å². The molecule has 1 N–H and O–H groups in total. The first kappa shape index (κ1) is 12.7. The number of rotatable bonds is 4. The minimum absolute atomic E-state index is 0.0599. The number of nitrogens with one attached hydrogen (secondary N) is 1. The van der Waals surface area contributed by atoms with Gasteiger partial charge >= 0.3 is 0 Å². The van der Waals surface area contributed by atoms with Crippen LogP contribution in [0.3, 0.4) is 0 Å². The molecule has 1 heterocycles. The summed E-state index contributed by atoms with van der Waals surface area (Å²) in [5.41, 5.74) is 0.569. The van der Waals surface area contributed by atoms with Crippen LogP contribution in [0.5, 0.6) is 11.5 Å². The van der Waals surface area contributed by atoms with Crippen LogP contribution in [-0.2, 0) is 9.53 Å². The number of hydrogen-bond acceptors (Lipinski definition) is 4. The van der Waals surface area contributed by atoms with Gasteiger partial charge in [0, 0.05) is 6.61 Å². The predicted molar refractivity (Wildman–Crippen MR) is 67.1 cm³/mol. The largest absolute Gasteiger partial charge is 0.494 e. The van der Waals surface area contributed by atoms with Crippen LogP contribution in [0.4, 0.5) is 5.69 Å². The highest BCUT2D eigenvalue weighted by Crippen LogP contribution is 2.34. The molecule has 98 valence electrons. The molecule has 2 rings (SSSR count). The van der Waals surface area contributed by atoms with Crippen molar-refractivity contribution < 1.29 is 19.0 Å². The number of carbonyl (C=O) groups is 1. The number of anilines is 1. The standard InChI is InChI=1S/C13H17NO4/c1-16-10-4-3-5-11(17-2)12(10)14-13(15)9-6-7-18-8-9/h3-5,9H,6-8H2,1-2H3,(H,14,15)/t9-/m1/s1. The molecule has 0 aromatic heterocycles. The Morgan fingerprint density at radius 1 is 1.33 bits per heavy atom. The fourth-order valence-corrected chi connectivity index (χ4v) is 1.94. The molecule has 18 heavy (non-hydrogen) atoms. The molecular formula is C13H17NO4. The quantitative estimate of drug-likeness (QED) is 0.884. The van der Waals surface area contributed by atoms with Gasteiger partial charge in [-0.15, -0.1) is 0 Å². The van der Waals surface area contributed by atoms with E-state index in [0.717, 1.165) is 6.42 Å². The minimum Gasteiger partial charge on any atom is -0.494 e. The number of hydrogen-bond donors (Lipinski definition) is 1. The normalized spacial score (nSPS) is 18.4. The average molecular weight is 251 g/mol. The Morgan fingerprint density at radius 3 is 2.50 bits per heavy atom.